The van der Waals surface area contributed by atoms with Gasteiger partial charge in [-0.3, -0.25) is 10.1 Å². The van der Waals surface area contributed by atoms with Gasteiger partial charge in [-0.25, -0.2) is 4.98 Å². The van der Waals surface area contributed by atoms with Crippen molar-refractivity contribution < 1.29 is 10.0 Å². The van der Waals surface area contributed by atoms with Gasteiger partial charge in [0.2, 0.25) is 0 Å². The van der Waals surface area contributed by atoms with Gasteiger partial charge in [0.05, 0.1) is 21.7 Å². The molecule has 0 aliphatic heterocycles. The van der Waals surface area contributed by atoms with Crippen molar-refractivity contribution in [1.82, 2.24) is 4.98 Å². The normalized spacial score (nSPS) is 11.2. The number of aromatic nitrogens is 1. The van der Waals surface area contributed by atoms with Gasteiger partial charge in [-0.1, -0.05) is 0 Å². The predicted molar refractivity (Wildman–Crippen MR) is 75.8 cm³/mol. The Morgan fingerprint density at radius 1 is 1.53 bits per heavy atom. The summed E-state index contributed by atoms with van der Waals surface area (Å²) >= 11 is 1.38. The quantitative estimate of drug-likeness (QED) is 0.672. The van der Waals surface area contributed by atoms with Crippen LogP contribution in [0.5, 0.6) is 0 Å². The van der Waals surface area contributed by atoms with Crippen LogP contribution in [0.4, 0.5) is 11.4 Å². The van der Waals surface area contributed by atoms with Crippen LogP contribution in [0, 0.1) is 10.1 Å². The van der Waals surface area contributed by atoms with Crippen LogP contribution >= 0.6 is 11.3 Å². The van der Waals surface area contributed by atoms with E-state index in [4.69, 9.17) is 5.11 Å². The van der Waals surface area contributed by atoms with Crippen molar-refractivity contribution in [2.24, 2.45) is 0 Å². The third-order valence-electron chi connectivity index (χ3n) is 2.91. The van der Waals surface area contributed by atoms with Gasteiger partial charge in [-0.05, 0) is 26.0 Å². The summed E-state index contributed by atoms with van der Waals surface area (Å²) in [5.41, 5.74) is 2.54. The maximum Gasteiger partial charge on any atom is 0.319 e. The van der Waals surface area contributed by atoms with Crippen LogP contribution in [0.3, 0.4) is 0 Å². The highest BCUT2D eigenvalue weighted by atomic mass is 32.1. The van der Waals surface area contributed by atoms with Crippen molar-refractivity contribution in [2.75, 3.05) is 18.1 Å². The number of aliphatic hydroxyl groups excluding tert-OH is 1. The number of anilines is 1. The minimum atomic E-state index is -0.399. The van der Waals surface area contributed by atoms with Crippen LogP contribution in [-0.2, 0) is 0 Å². The Balaban J connectivity index is 2.63. The summed E-state index contributed by atoms with van der Waals surface area (Å²) in [5, 5.41) is 20.5. The molecule has 6 nitrogen and oxygen atoms in total. The van der Waals surface area contributed by atoms with Crippen LogP contribution in [0.15, 0.2) is 17.6 Å². The first-order chi connectivity index (χ1) is 9.06. The Kier molecular flexibility index (Phi) is 3.96. The molecule has 0 saturated heterocycles. The second-order valence-corrected chi connectivity index (χ2v) is 5.29. The van der Waals surface area contributed by atoms with Gasteiger partial charge in [0.25, 0.3) is 0 Å². The van der Waals surface area contributed by atoms with E-state index in [0.29, 0.717) is 17.7 Å². The number of benzene rings is 1. The summed E-state index contributed by atoms with van der Waals surface area (Å²) in [5.74, 6) is 0. The van der Waals surface area contributed by atoms with Crippen molar-refractivity contribution in [3.8, 4) is 0 Å². The van der Waals surface area contributed by atoms with Gasteiger partial charge in [0.1, 0.15) is 5.69 Å². The summed E-state index contributed by atoms with van der Waals surface area (Å²) in [4.78, 5) is 16.9. The lowest BCUT2D eigenvalue weighted by Gasteiger charge is -2.27. The van der Waals surface area contributed by atoms with E-state index in [1.165, 1.54) is 11.3 Å². The zero-order valence-corrected chi connectivity index (χ0v) is 11.6. The Labute approximate surface area is 114 Å². The van der Waals surface area contributed by atoms with Crippen LogP contribution < -0.4 is 4.90 Å². The summed E-state index contributed by atoms with van der Waals surface area (Å²) in [6.07, 6.45) is 0. The van der Waals surface area contributed by atoms with Crippen LogP contribution in [0.1, 0.15) is 13.8 Å². The number of nitrogens with zero attached hydrogens (tertiary/aromatic N) is 3. The maximum absolute atomic E-state index is 11.3. The van der Waals surface area contributed by atoms with E-state index in [-0.39, 0.29) is 18.3 Å². The average Bonchev–Trinajstić information content (AvgIpc) is 2.82. The lowest BCUT2D eigenvalue weighted by molar-refractivity contribution is -0.382. The molecule has 1 aromatic heterocycles. The fraction of sp³-hybridized carbons (Fsp3) is 0.417. The van der Waals surface area contributed by atoms with E-state index < -0.39 is 4.92 Å². The monoisotopic (exact) mass is 281 g/mol. The van der Waals surface area contributed by atoms with Crippen molar-refractivity contribution in [1.29, 1.82) is 0 Å². The van der Waals surface area contributed by atoms with Gasteiger partial charge in [0.15, 0.2) is 5.52 Å². The molecule has 0 fully saturated rings. The lowest BCUT2D eigenvalue weighted by Crippen LogP contribution is -2.33. The number of aliphatic hydroxyl groups is 1. The molecule has 0 saturated carbocycles. The van der Waals surface area contributed by atoms with Crippen LogP contribution in [0.25, 0.3) is 10.2 Å². The number of fused-ring (bicyclic) bond motifs is 1. The number of nitro benzene ring substituents is 1. The number of hydrogen-bond donors (Lipinski definition) is 1. The van der Waals surface area contributed by atoms with Crippen LogP contribution in [-0.4, -0.2) is 34.2 Å². The number of hydrogen-bond acceptors (Lipinski definition) is 6. The Morgan fingerprint density at radius 2 is 2.26 bits per heavy atom. The molecular formula is C12H15N3O3S. The topological polar surface area (TPSA) is 79.5 Å². The van der Waals surface area contributed by atoms with Gasteiger partial charge in [-0.2, -0.15) is 0 Å². The molecule has 0 spiro atoms. The Hall–Kier alpha value is -1.73. The van der Waals surface area contributed by atoms with Crippen molar-refractivity contribution in [3.63, 3.8) is 0 Å². The average molecular weight is 281 g/mol. The van der Waals surface area contributed by atoms with Crippen molar-refractivity contribution in [2.45, 2.75) is 19.9 Å². The first-order valence-corrected chi connectivity index (χ1v) is 6.82. The highest BCUT2D eigenvalue weighted by molar-refractivity contribution is 7.16. The second-order valence-electron chi connectivity index (χ2n) is 4.40. The summed E-state index contributed by atoms with van der Waals surface area (Å²) in [6, 6.07) is 3.62. The molecule has 0 aliphatic rings. The SMILES string of the molecule is CC(C)N(CCO)c1ccc2scnc2c1[N+](=O)[O-]. The number of nitro groups is 1. The smallest absolute Gasteiger partial charge is 0.319 e. The van der Waals surface area contributed by atoms with E-state index in [2.05, 4.69) is 4.98 Å². The third kappa shape index (κ3) is 2.52. The predicted octanol–water partition coefficient (Wildman–Crippen LogP) is 2.41. The lowest BCUT2D eigenvalue weighted by atomic mass is 10.2. The molecular weight excluding hydrogens is 266 g/mol. The minimum Gasteiger partial charge on any atom is -0.395 e. The molecule has 0 radical (unpaired) electrons. The molecule has 0 atom stereocenters. The molecule has 2 rings (SSSR count). The summed E-state index contributed by atoms with van der Waals surface area (Å²) < 4.78 is 0.795. The molecule has 2 aromatic rings. The molecule has 19 heavy (non-hydrogen) atoms. The fourth-order valence-corrected chi connectivity index (χ4v) is 2.76. The van der Waals surface area contributed by atoms with Gasteiger partial charge < -0.3 is 10.0 Å². The molecule has 1 aromatic carbocycles. The Morgan fingerprint density at radius 3 is 2.84 bits per heavy atom. The van der Waals surface area contributed by atoms with Crippen molar-refractivity contribution >= 4 is 32.9 Å². The number of thiazole rings is 1. The second kappa shape index (κ2) is 5.50. The van der Waals surface area contributed by atoms with E-state index >= 15 is 0 Å². The first kappa shape index (κ1) is 13.7. The maximum atomic E-state index is 11.3. The van der Waals surface area contributed by atoms with Gasteiger partial charge in [-0.15, -0.1) is 11.3 Å². The highest BCUT2D eigenvalue weighted by Gasteiger charge is 2.25. The minimum absolute atomic E-state index is 0.0147. The molecule has 0 amide bonds. The molecule has 0 unspecified atom stereocenters. The molecule has 7 heteroatoms. The third-order valence-corrected chi connectivity index (χ3v) is 3.70. The van der Waals surface area contributed by atoms with Gasteiger partial charge >= 0.3 is 5.69 Å². The molecule has 102 valence electrons. The molecule has 0 aliphatic carbocycles. The van der Waals surface area contributed by atoms with E-state index in [1.807, 2.05) is 24.8 Å². The van der Waals surface area contributed by atoms with Crippen LogP contribution in [0.2, 0.25) is 0 Å². The number of rotatable bonds is 5. The van der Waals surface area contributed by atoms with Crippen molar-refractivity contribution in [3.05, 3.63) is 27.8 Å². The van der Waals surface area contributed by atoms with E-state index in [9.17, 15) is 10.1 Å². The summed E-state index contributed by atoms with van der Waals surface area (Å²) in [6.45, 7) is 4.17. The summed E-state index contributed by atoms with van der Waals surface area (Å²) in [7, 11) is 0. The van der Waals surface area contributed by atoms with E-state index in [1.54, 1.807) is 11.6 Å². The first-order valence-electron chi connectivity index (χ1n) is 5.94. The highest BCUT2D eigenvalue weighted by Crippen LogP contribution is 2.37. The molecule has 1 N–H and O–H groups in total. The largest absolute Gasteiger partial charge is 0.395 e. The molecule has 0 bridgehead atoms. The van der Waals surface area contributed by atoms with E-state index in [0.717, 1.165) is 4.70 Å². The Bertz CT molecular complexity index is 597. The zero-order chi connectivity index (χ0) is 14.0. The van der Waals surface area contributed by atoms with Gasteiger partial charge in [0, 0.05) is 12.6 Å². The molecule has 1 heterocycles. The standard InChI is InChI=1S/C12H15N3O3S/c1-8(2)14(5-6-16)9-3-4-10-11(13-7-19-10)12(9)15(17)18/h3-4,7-8,16H,5-6H2,1-2H3. The zero-order valence-electron chi connectivity index (χ0n) is 10.7. The fourth-order valence-electron chi connectivity index (χ4n) is 2.08.